The van der Waals surface area contributed by atoms with Gasteiger partial charge in [-0.25, -0.2) is 0 Å². The van der Waals surface area contributed by atoms with E-state index in [4.69, 9.17) is 15.0 Å². The van der Waals surface area contributed by atoms with Crippen molar-refractivity contribution in [3.63, 3.8) is 0 Å². The number of anilines is 2. The Morgan fingerprint density at radius 1 is 0.514 bits per heavy atom. The maximum atomic E-state index is 7.21. The van der Waals surface area contributed by atoms with Gasteiger partial charge >= 0.3 is 0 Å². The number of aromatic nitrogens is 2. The number of hydrogen-bond acceptors (Lipinski definition) is 3. The SMILES string of the molecule is CC(C)c1cc(-c2ccccc2)cc(C(C)C)c1N1c2ccccc2[N-]C1c1[c-]c(Oc2[c-]c(-c3nc4ccccc4n3-c3c(C(C)C)cc(C(C)(C)C)cc3C(C)C)cc(C(C)(C)C)c2)cc(C(C)(C)C)c1.[Pt]. The number of hydrogen-bond donors (Lipinski definition) is 0. The third kappa shape index (κ3) is 10.7. The molecule has 1 aromatic heterocycles. The number of imidazole rings is 1. The van der Waals surface area contributed by atoms with E-state index in [1.165, 1.54) is 50.3 Å². The summed E-state index contributed by atoms with van der Waals surface area (Å²) in [6.07, 6.45) is -0.394. The third-order valence-electron chi connectivity index (χ3n) is 14.7. The summed E-state index contributed by atoms with van der Waals surface area (Å²) < 4.78 is 9.62. The Kier molecular flexibility index (Phi) is 15.2. The second kappa shape index (κ2) is 20.7. The van der Waals surface area contributed by atoms with Gasteiger partial charge in [-0.3, -0.25) is 4.98 Å². The molecule has 2 heterocycles. The minimum absolute atomic E-state index is 0. The Hall–Kier alpha value is -5.90. The molecule has 7 aromatic carbocycles. The Labute approximate surface area is 458 Å². The summed E-state index contributed by atoms with van der Waals surface area (Å²) in [5, 5.41) is 5.57. The molecule has 8 aromatic rings. The van der Waals surface area contributed by atoms with Gasteiger partial charge in [0.2, 0.25) is 0 Å². The summed E-state index contributed by atoms with van der Waals surface area (Å²) in [5.74, 6) is 3.13. The minimum atomic E-state index is -0.394. The molecular formula is C68H77N4OPt-3. The fraction of sp³-hybridized carbons (Fsp3) is 0.368. The smallest absolute Gasteiger partial charge is 0.0774 e. The molecule has 1 atom stereocenters. The summed E-state index contributed by atoms with van der Waals surface area (Å²) in [7, 11) is 0. The Morgan fingerprint density at radius 2 is 1.00 bits per heavy atom. The topological polar surface area (TPSA) is 44.4 Å². The third-order valence-corrected chi connectivity index (χ3v) is 14.7. The summed E-state index contributed by atoms with van der Waals surface area (Å²) in [5.41, 5.74) is 19.2. The summed E-state index contributed by atoms with van der Waals surface area (Å²) in [4.78, 5) is 7.97. The molecule has 1 aliphatic heterocycles. The average Bonchev–Trinajstić information content (AvgIpc) is 3.91. The molecule has 6 heteroatoms. The predicted octanol–water partition coefficient (Wildman–Crippen LogP) is 20.0. The van der Waals surface area contributed by atoms with Gasteiger partial charge in [-0.05, 0) is 115 Å². The van der Waals surface area contributed by atoms with Crippen LogP contribution in [-0.2, 0) is 37.3 Å². The van der Waals surface area contributed by atoms with Crippen LogP contribution in [0.3, 0.4) is 0 Å². The van der Waals surface area contributed by atoms with Crippen molar-refractivity contribution in [1.29, 1.82) is 0 Å². The number of para-hydroxylation sites is 4. The Morgan fingerprint density at radius 3 is 1.57 bits per heavy atom. The van der Waals surface area contributed by atoms with Gasteiger partial charge in [0.1, 0.15) is 0 Å². The number of fused-ring (bicyclic) bond motifs is 2. The first-order valence-electron chi connectivity index (χ1n) is 26.7. The van der Waals surface area contributed by atoms with Crippen molar-refractivity contribution in [3.8, 4) is 39.7 Å². The van der Waals surface area contributed by atoms with E-state index in [0.717, 1.165) is 50.5 Å². The summed E-state index contributed by atoms with van der Waals surface area (Å²) in [6, 6.07) is 54.2. The van der Waals surface area contributed by atoms with Crippen molar-refractivity contribution in [2.75, 3.05) is 4.90 Å². The van der Waals surface area contributed by atoms with Gasteiger partial charge in [0, 0.05) is 49.6 Å². The second-order valence-corrected chi connectivity index (χ2v) is 24.8. The van der Waals surface area contributed by atoms with Gasteiger partial charge < -0.3 is 19.5 Å². The maximum absolute atomic E-state index is 7.21. The fourth-order valence-corrected chi connectivity index (χ4v) is 10.3. The van der Waals surface area contributed by atoms with Crippen LogP contribution in [0.2, 0.25) is 0 Å². The van der Waals surface area contributed by atoms with Gasteiger partial charge in [0.15, 0.2) is 0 Å². The molecule has 0 saturated heterocycles. The molecule has 5 nitrogen and oxygen atoms in total. The van der Waals surface area contributed by atoms with Gasteiger partial charge in [-0.15, -0.1) is 40.6 Å². The number of ether oxygens (including phenoxy) is 1. The summed E-state index contributed by atoms with van der Waals surface area (Å²) in [6.45, 7) is 39.0. The zero-order valence-corrected chi connectivity index (χ0v) is 49.3. The van der Waals surface area contributed by atoms with Crippen LogP contribution < -0.4 is 9.64 Å². The Bertz CT molecular complexity index is 3260. The van der Waals surface area contributed by atoms with Crippen LogP contribution in [0.4, 0.5) is 17.1 Å². The molecule has 0 aliphatic carbocycles. The first kappa shape index (κ1) is 54.4. The summed E-state index contributed by atoms with van der Waals surface area (Å²) >= 11 is 0. The van der Waals surface area contributed by atoms with Crippen molar-refractivity contribution in [2.24, 2.45) is 0 Å². The molecule has 1 unspecified atom stereocenters. The molecule has 9 rings (SSSR count). The van der Waals surface area contributed by atoms with Crippen molar-refractivity contribution < 1.29 is 25.8 Å². The zero-order valence-electron chi connectivity index (χ0n) is 47.0. The monoisotopic (exact) mass is 1160 g/mol. The van der Waals surface area contributed by atoms with Crippen molar-refractivity contribution in [1.82, 2.24) is 9.55 Å². The molecule has 0 bridgehead atoms. The molecule has 1 aliphatic rings. The van der Waals surface area contributed by atoms with Crippen LogP contribution in [-0.4, -0.2) is 9.55 Å². The Balaban J connectivity index is 0.00000729. The van der Waals surface area contributed by atoms with E-state index < -0.39 is 6.17 Å². The first-order valence-corrected chi connectivity index (χ1v) is 26.7. The van der Waals surface area contributed by atoms with Crippen molar-refractivity contribution in [2.45, 2.75) is 164 Å². The van der Waals surface area contributed by atoms with Crippen LogP contribution >= 0.6 is 0 Å². The van der Waals surface area contributed by atoms with Crippen LogP contribution in [0.25, 0.3) is 44.6 Å². The zero-order chi connectivity index (χ0) is 52.5. The number of benzene rings is 7. The van der Waals surface area contributed by atoms with Crippen molar-refractivity contribution in [3.05, 3.63) is 189 Å². The molecule has 0 spiro atoms. The van der Waals surface area contributed by atoms with E-state index in [2.05, 4.69) is 267 Å². The molecule has 0 radical (unpaired) electrons. The van der Waals surface area contributed by atoms with Gasteiger partial charge in [0.05, 0.1) is 16.9 Å². The van der Waals surface area contributed by atoms with Gasteiger partial charge in [0.25, 0.3) is 0 Å². The van der Waals surface area contributed by atoms with Gasteiger partial charge in [-0.2, -0.15) is 11.6 Å². The van der Waals surface area contributed by atoms with E-state index in [1.54, 1.807) is 0 Å². The van der Waals surface area contributed by atoms with E-state index in [0.29, 0.717) is 11.5 Å². The van der Waals surface area contributed by atoms with Crippen LogP contribution in [0.15, 0.2) is 127 Å². The van der Waals surface area contributed by atoms with E-state index in [1.807, 2.05) is 0 Å². The molecule has 0 fully saturated rings. The largest absolute Gasteiger partial charge is 0.661 e. The molecule has 0 N–H and O–H groups in total. The maximum Gasteiger partial charge on any atom is 0.0774 e. The van der Waals surface area contributed by atoms with Gasteiger partial charge in [-0.1, -0.05) is 203 Å². The van der Waals surface area contributed by atoms with Crippen LogP contribution in [0.5, 0.6) is 11.5 Å². The molecule has 74 heavy (non-hydrogen) atoms. The fourth-order valence-electron chi connectivity index (χ4n) is 10.3. The van der Waals surface area contributed by atoms with Crippen LogP contribution in [0, 0.1) is 12.1 Å². The quantitative estimate of drug-likeness (QED) is 0.121. The van der Waals surface area contributed by atoms with Crippen LogP contribution in [0.1, 0.15) is 192 Å². The van der Waals surface area contributed by atoms with E-state index in [-0.39, 0.29) is 61.0 Å². The molecule has 0 amide bonds. The second-order valence-electron chi connectivity index (χ2n) is 24.8. The normalized spacial score (nSPS) is 14.1. The first-order chi connectivity index (χ1) is 34.4. The molecule has 388 valence electrons. The van der Waals surface area contributed by atoms with E-state index >= 15 is 0 Å². The number of nitrogens with zero attached hydrogens (tertiary/aromatic N) is 4. The molecular weight excluding hydrogens is 1080 g/mol. The number of rotatable bonds is 11. The van der Waals surface area contributed by atoms with E-state index in [9.17, 15) is 0 Å². The minimum Gasteiger partial charge on any atom is -0.661 e. The average molecular weight is 1160 g/mol. The molecule has 0 saturated carbocycles. The van der Waals surface area contributed by atoms with Crippen molar-refractivity contribution >= 4 is 28.1 Å². The standard InChI is InChI=1S/C68H77N4O.Pt/c1-41(2)54-35-46(45-25-19-18-20-26-45)36-55(42(3)4)62(54)71-60-29-23-21-27-58(60)69-64(71)47-31-49(66(9,10)11)37-52(33-47)73-53-34-48(32-50(38-53)67(12,13)14)65-70-59-28-22-24-30-61(59)72(65)63-56(43(5)6)39-51(68(15,16)17)40-57(63)44(7)8;/h18-32,35-44,64H,1-17H3;/q-3;. The predicted molar refractivity (Wildman–Crippen MR) is 309 cm³/mol.